The smallest absolute Gasteiger partial charge is 0.325 e. The molecule has 2 aromatic rings. The van der Waals surface area contributed by atoms with Crippen molar-refractivity contribution in [2.45, 2.75) is 64.4 Å². The molecule has 0 spiro atoms. The molecule has 0 saturated carbocycles. The zero-order valence-electron chi connectivity index (χ0n) is 17.8. The number of aromatic hydroxyl groups is 2. The Kier molecular flexibility index (Phi) is 4.77. The molecule has 0 heterocycles. The van der Waals surface area contributed by atoms with Crippen LogP contribution in [0.3, 0.4) is 0 Å². The summed E-state index contributed by atoms with van der Waals surface area (Å²) in [5, 5.41) is 20.8. The maximum Gasteiger partial charge on any atom is 0.325 e. The van der Waals surface area contributed by atoms with Gasteiger partial charge in [-0.3, -0.25) is 9.59 Å². The van der Waals surface area contributed by atoms with Gasteiger partial charge in [0.2, 0.25) is 0 Å². The molecule has 5 nitrogen and oxygen atoms in total. The van der Waals surface area contributed by atoms with E-state index in [9.17, 15) is 19.8 Å². The molecule has 5 heteroatoms. The fourth-order valence-corrected chi connectivity index (χ4v) is 3.81. The maximum absolute atomic E-state index is 13.6. The number of Topliss-reactive ketones (excluding diaryl/α,β-unsaturated/α-hetero) is 1. The number of ketones is 1. The molecule has 0 fully saturated rings. The van der Waals surface area contributed by atoms with Crippen molar-refractivity contribution in [2.75, 3.05) is 0 Å². The number of rotatable bonds is 2. The number of carbonyl (C=O) groups excluding carboxylic acids is 2. The Bertz CT molecular complexity index is 991. The molecule has 0 aromatic heterocycles. The SMILES string of the molecule is CC(C)(C)OC(=O)[C@]1(c2cc(O)c(O)c(C(C)(C)C)c2)Cc2ccccc2C1=O. The van der Waals surface area contributed by atoms with Crippen molar-refractivity contribution in [1.29, 1.82) is 0 Å². The lowest BCUT2D eigenvalue weighted by Crippen LogP contribution is -2.46. The number of benzene rings is 2. The molecule has 2 aromatic carbocycles. The zero-order valence-corrected chi connectivity index (χ0v) is 17.8. The average Bonchev–Trinajstić information content (AvgIpc) is 2.89. The van der Waals surface area contributed by atoms with Crippen molar-refractivity contribution < 1.29 is 24.5 Å². The first-order valence-corrected chi connectivity index (χ1v) is 9.70. The van der Waals surface area contributed by atoms with Crippen LogP contribution < -0.4 is 0 Å². The summed E-state index contributed by atoms with van der Waals surface area (Å²) in [6, 6.07) is 10.1. The van der Waals surface area contributed by atoms with Gasteiger partial charge in [-0.15, -0.1) is 0 Å². The predicted molar refractivity (Wildman–Crippen MR) is 110 cm³/mol. The van der Waals surface area contributed by atoms with Crippen LogP contribution in [0.15, 0.2) is 36.4 Å². The van der Waals surface area contributed by atoms with Crippen LogP contribution in [0.5, 0.6) is 11.5 Å². The van der Waals surface area contributed by atoms with Crippen molar-refractivity contribution in [3.05, 3.63) is 58.7 Å². The van der Waals surface area contributed by atoms with E-state index in [4.69, 9.17) is 4.74 Å². The Hall–Kier alpha value is -2.82. The summed E-state index contributed by atoms with van der Waals surface area (Å²) < 4.78 is 5.67. The quantitative estimate of drug-likeness (QED) is 0.446. The number of hydrogen-bond acceptors (Lipinski definition) is 5. The highest BCUT2D eigenvalue weighted by Crippen LogP contribution is 2.46. The Morgan fingerprint density at radius 3 is 2.21 bits per heavy atom. The molecule has 1 aliphatic rings. The Morgan fingerprint density at radius 1 is 1.03 bits per heavy atom. The topological polar surface area (TPSA) is 83.8 Å². The second kappa shape index (κ2) is 6.61. The fraction of sp³-hybridized carbons (Fsp3) is 0.417. The largest absolute Gasteiger partial charge is 0.504 e. The molecular formula is C24H28O5. The maximum atomic E-state index is 13.6. The van der Waals surface area contributed by atoms with E-state index in [1.165, 1.54) is 6.07 Å². The minimum atomic E-state index is -1.61. The van der Waals surface area contributed by atoms with Gasteiger partial charge in [0, 0.05) is 17.5 Å². The van der Waals surface area contributed by atoms with Crippen LogP contribution in [0.25, 0.3) is 0 Å². The van der Waals surface area contributed by atoms with Gasteiger partial charge in [-0.1, -0.05) is 45.0 Å². The van der Waals surface area contributed by atoms with Gasteiger partial charge in [0.25, 0.3) is 0 Å². The number of hydrogen-bond donors (Lipinski definition) is 2. The van der Waals surface area contributed by atoms with E-state index in [-0.39, 0.29) is 23.7 Å². The van der Waals surface area contributed by atoms with E-state index in [1.807, 2.05) is 32.9 Å². The number of carbonyl (C=O) groups is 2. The number of esters is 1. The van der Waals surface area contributed by atoms with Crippen LogP contribution in [-0.4, -0.2) is 27.6 Å². The minimum Gasteiger partial charge on any atom is -0.504 e. The van der Waals surface area contributed by atoms with E-state index in [2.05, 4.69) is 0 Å². The minimum absolute atomic E-state index is 0.144. The first-order chi connectivity index (χ1) is 13.3. The number of fused-ring (bicyclic) bond motifs is 1. The molecule has 2 N–H and O–H groups in total. The van der Waals surface area contributed by atoms with Gasteiger partial charge in [-0.25, -0.2) is 0 Å². The molecular weight excluding hydrogens is 368 g/mol. The number of phenolic OH excluding ortho intramolecular Hbond substituents is 2. The third-order valence-corrected chi connectivity index (χ3v) is 5.24. The van der Waals surface area contributed by atoms with Crippen molar-refractivity contribution >= 4 is 11.8 Å². The fourth-order valence-electron chi connectivity index (χ4n) is 3.81. The van der Waals surface area contributed by atoms with Crippen molar-refractivity contribution in [3.8, 4) is 11.5 Å². The van der Waals surface area contributed by atoms with E-state index in [0.29, 0.717) is 16.7 Å². The molecule has 0 aliphatic heterocycles. The highest BCUT2D eigenvalue weighted by atomic mass is 16.6. The van der Waals surface area contributed by atoms with Crippen molar-refractivity contribution in [2.24, 2.45) is 0 Å². The third-order valence-electron chi connectivity index (χ3n) is 5.24. The molecule has 1 aliphatic carbocycles. The van der Waals surface area contributed by atoms with Crippen LogP contribution in [0, 0.1) is 0 Å². The van der Waals surface area contributed by atoms with Gasteiger partial charge in [0.15, 0.2) is 22.7 Å². The van der Waals surface area contributed by atoms with Gasteiger partial charge in [-0.05, 0) is 49.4 Å². The van der Waals surface area contributed by atoms with Crippen molar-refractivity contribution in [1.82, 2.24) is 0 Å². The van der Waals surface area contributed by atoms with E-state index in [1.54, 1.807) is 39.0 Å². The predicted octanol–water partition coefficient (Wildman–Crippen LogP) is 4.41. The zero-order chi connectivity index (χ0) is 21.8. The lowest BCUT2D eigenvalue weighted by Gasteiger charge is -2.32. The molecule has 154 valence electrons. The lowest BCUT2D eigenvalue weighted by atomic mass is 9.74. The molecule has 0 unspecified atom stereocenters. The normalized spacial score (nSPS) is 19.2. The summed E-state index contributed by atoms with van der Waals surface area (Å²) in [6.45, 7) is 10.9. The van der Waals surface area contributed by atoms with Crippen molar-refractivity contribution in [3.63, 3.8) is 0 Å². The van der Waals surface area contributed by atoms with Crippen LogP contribution in [-0.2, 0) is 26.8 Å². The van der Waals surface area contributed by atoms with Gasteiger partial charge in [0.1, 0.15) is 5.60 Å². The van der Waals surface area contributed by atoms with Gasteiger partial charge >= 0.3 is 5.97 Å². The molecule has 29 heavy (non-hydrogen) atoms. The van der Waals surface area contributed by atoms with E-state index >= 15 is 0 Å². The summed E-state index contributed by atoms with van der Waals surface area (Å²) in [5.41, 5.74) is -0.891. The monoisotopic (exact) mass is 396 g/mol. The lowest BCUT2D eigenvalue weighted by molar-refractivity contribution is -0.159. The summed E-state index contributed by atoms with van der Waals surface area (Å²) in [4.78, 5) is 27.0. The third kappa shape index (κ3) is 3.50. The van der Waals surface area contributed by atoms with Gasteiger partial charge < -0.3 is 14.9 Å². The van der Waals surface area contributed by atoms with Gasteiger partial charge in [0.05, 0.1) is 0 Å². The molecule has 3 rings (SSSR count). The summed E-state index contributed by atoms with van der Waals surface area (Å²) in [7, 11) is 0. The highest BCUT2D eigenvalue weighted by molar-refractivity contribution is 6.20. The first kappa shape index (κ1) is 20.9. The summed E-state index contributed by atoms with van der Waals surface area (Å²) in [6.07, 6.45) is 0.144. The second-order valence-corrected chi connectivity index (χ2v) is 9.71. The standard InChI is InChI=1S/C24H28O5/c1-22(2,3)17-11-15(12-18(25)19(17)26)24(21(28)29-23(4,5)6)13-14-9-7-8-10-16(14)20(24)27/h7-12,25-26H,13H2,1-6H3/t24-/m0/s1. The van der Waals surface area contributed by atoms with Crippen LogP contribution >= 0.6 is 0 Å². The van der Waals surface area contributed by atoms with Crippen LogP contribution in [0.2, 0.25) is 0 Å². The van der Waals surface area contributed by atoms with E-state index < -0.39 is 22.4 Å². The first-order valence-electron chi connectivity index (χ1n) is 9.70. The number of phenols is 2. The molecule has 0 saturated heterocycles. The van der Waals surface area contributed by atoms with Crippen LogP contribution in [0.1, 0.15) is 68.6 Å². The Balaban J connectivity index is 2.28. The Labute approximate surface area is 171 Å². The summed E-state index contributed by atoms with van der Waals surface area (Å²) >= 11 is 0. The molecule has 0 radical (unpaired) electrons. The molecule has 0 amide bonds. The average molecular weight is 396 g/mol. The van der Waals surface area contributed by atoms with Gasteiger partial charge in [-0.2, -0.15) is 0 Å². The van der Waals surface area contributed by atoms with E-state index in [0.717, 1.165) is 5.56 Å². The second-order valence-electron chi connectivity index (χ2n) is 9.71. The van der Waals surface area contributed by atoms with Crippen LogP contribution in [0.4, 0.5) is 0 Å². The number of ether oxygens (including phenoxy) is 1. The summed E-state index contributed by atoms with van der Waals surface area (Å²) in [5.74, 6) is -1.62. The Morgan fingerprint density at radius 2 is 1.66 bits per heavy atom. The highest BCUT2D eigenvalue weighted by Gasteiger charge is 2.55. The molecule has 0 bridgehead atoms. The molecule has 1 atom stereocenters.